The molecule has 0 radical (unpaired) electrons. The van der Waals surface area contributed by atoms with E-state index < -0.39 is 0 Å². The van der Waals surface area contributed by atoms with Gasteiger partial charge in [-0.3, -0.25) is 9.59 Å². The van der Waals surface area contributed by atoms with Gasteiger partial charge in [0, 0.05) is 26.2 Å². The van der Waals surface area contributed by atoms with Crippen LogP contribution in [0.2, 0.25) is 0 Å². The van der Waals surface area contributed by atoms with Crippen molar-refractivity contribution >= 4 is 11.9 Å². The summed E-state index contributed by atoms with van der Waals surface area (Å²) >= 11 is 0. The monoisotopic (exact) mass is 348 g/mol. The van der Waals surface area contributed by atoms with Crippen molar-refractivity contribution in [2.24, 2.45) is 17.3 Å². The summed E-state index contributed by atoms with van der Waals surface area (Å²) in [6.45, 7) is 9.99. The first-order valence-electron chi connectivity index (χ1n) is 9.34. The molecule has 4 nitrogen and oxygen atoms in total. The van der Waals surface area contributed by atoms with Crippen LogP contribution in [-0.2, 0) is 19.1 Å². The molecule has 2 aliphatic rings. The van der Waals surface area contributed by atoms with E-state index in [0.717, 1.165) is 32.1 Å². The quantitative estimate of drug-likeness (QED) is 0.520. The van der Waals surface area contributed by atoms with Gasteiger partial charge in [0.1, 0.15) is 6.10 Å². The summed E-state index contributed by atoms with van der Waals surface area (Å²) in [6, 6.07) is 0. The van der Waals surface area contributed by atoms with Crippen LogP contribution in [0, 0.1) is 17.3 Å². The first kappa shape index (κ1) is 19.7. The van der Waals surface area contributed by atoms with Crippen LogP contribution < -0.4 is 0 Å². The van der Waals surface area contributed by atoms with Gasteiger partial charge in [-0.1, -0.05) is 30.2 Å². The fourth-order valence-electron chi connectivity index (χ4n) is 4.70. The van der Waals surface area contributed by atoms with Gasteiger partial charge in [-0.05, 0) is 50.9 Å². The minimum atomic E-state index is -0.216. The summed E-state index contributed by atoms with van der Waals surface area (Å²) < 4.78 is 10.9. The van der Waals surface area contributed by atoms with Gasteiger partial charge in [0.05, 0.1) is 6.61 Å². The second kappa shape index (κ2) is 8.20. The summed E-state index contributed by atoms with van der Waals surface area (Å²) in [5.74, 6) is 0.217. The molecule has 0 heterocycles. The first-order chi connectivity index (χ1) is 11.7. The highest BCUT2D eigenvalue weighted by Gasteiger charge is 2.49. The van der Waals surface area contributed by atoms with Gasteiger partial charge >= 0.3 is 11.9 Å². The molecule has 140 valence electrons. The number of rotatable bonds is 6. The molecule has 1 fully saturated rings. The summed E-state index contributed by atoms with van der Waals surface area (Å²) in [6.07, 6.45) is 9.29. The highest BCUT2D eigenvalue weighted by molar-refractivity contribution is 5.66. The van der Waals surface area contributed by atoms with Crippen LogP contribution in [-0.4, -0.2) is 24.6 Å². The van der Waals surface area contributed by atoms with E-state index in [-0.39, 0.29) is 29.4 Å². The smallest absolute Gasteiger partial charge is 0.302 e. The number of hydrogen-bond acceptors (Lipinski definition) is 4. The molecule has 0 amide bonds. The van der Waals surface area contributed by atoms with E-state index in [9.17, 15) is 9.59 Å². The van der Waals surface area contributed by atoms with Crippen LogP contribution in [0.3, 0.4) is 0 Å². The molecule has 0 spiro atoms. The van der Waals surface area contributed by atoms with Gasteiger partial charge in [0.2, 0.25) is 0 Å². The van der Waals surface area contributed by atoms with E-state index >= 15 is 0 Å². The average molecular weight is 348 g/mol. The number of carbonyl (C=O) groups excluding carboxylic acids is 2. The maximum absolute atomic E-state index is 11.5. The van der Waals surface area contributed by atoms with Crippen molar-refractivity contribution in [3.8, 4) is 0 Å². The maximum Gasteiger partial charge on any atom is 0.302 e. The highest BCUT2D eigenvalue weighted by atomic mass is 16.5. The zero-order valence-corrected chi connectivity index (χ0v) is 16.3. The minimum absolute atomic E-state index is 0.0427. The Balaban J connectivity index is 2.18. The van der Waals surface area contributed by atoms with Crippen LogP contribution in [0.25, 0.3) is 0 Å². The van der Waals surface area contributed by atoms with Gasteiger partial charge in [0.25, 0.3) is 0 Å². The molecule has 4 atom stereocenters. The van der Waals surface area contributed by atoms with Crippen LogP contribution >= 0.6 is 0 Å². The Hall–Kier alpha value is -1.58. The van der Waals surface area contributed by atoms with Crippen molar-refractivity contribution in [2.75, 3.05) is 6.61 Å². The molecule has 1 saturated carbocycles. The predicted molar refractivity (Wildman–Crippen MR) is 97.9 cm³/mol. The molecule has 0 N–H and O–H groups in total. The fraction of sp³-hybridized carbons (Fsp3) is 0.714. The van der Waals surface area contributed by atoms with E-state index in [1.54, 1.807) is 0 Å². The molecule has 0 aromatic rings. The Bertz CT molecular complexity index is 570. The topological polar surface area (TPSA) is 52.6 Å². The molecule has 0 aromatic heterocycles. The Morgan fingerprint density at radius 2 is 1.96 bits per heavy atom. The number of hydrogen-bond donors (Lipinski definition) is 0. The molecule has 2 rings (SSSR count). The van der Waals surface area contributed by atoms with E-state index in [2.05, 4.69) is 32.9 Å². The second-order valence-corrected chi connectivity index (χ2v) is 8.19. The fourth-order valence-corrected chi connectivity index (χ4v) is 4.70. The Morgan fingerprint density at radius 3 is 2.56 bits per heavy atom. The lowest BCUT2D eigenvalue weighted by Crippen LogP contribution is -2.42. The van der Waals surface area contributed by atoms with Gasteiger partial charge in [-0.2, -0.15) is 0 Å². The second-order valence-electron chi connectivity index (χ2n) is 8.19. The van der Waals surface area contributed by atoms with E-state index in [0.29, 0.717) is 12.5 Å². The molecule has 2 aliphatic carbocycles. The lowest BCUT2D eigenvalue weighted by atomic mass is 9.60. The highest BCUT2D eigenvalue weighted by Crippen LogP contribution is 2.54. The lowest BCUT2D eigenvalue weighted by Gasteiger charge is -2.46. The zero-order valence-electron chi connectivity index (χ0n) is 16.3. The third kappa shape index (κ3) is 5.20. The molecular formula is C21H32O4. The SMILES string of the molecule is CC(=O)OC[C@H]1CC2=CC[C@H](OC(C)=O)[C@H]2[C@](C)(CCC=C(C)C)C1. The van der Waals surface area contributed by atoms with Gasteiger partial charge in [-0.15, -0.1) is 0 Å². The minimum Gasteiger partial charge on any atom is -0.466 e. The molecular weight excluding hydrogens is 316 g/mol. The molecule has 0 unspecified atom stereocenters. The average Bonchev–Trinajstić information content (AvgIpc) is 2.87. The van der Waals surface area contributed by atoms with Gasteiger partial charge in [-0.25, -0.2) is 0 Å². The van der Waals surface area contributed by atoms with Crippen LogP contribution in [0.1, 0.15) is 66.7 Å². The van der Waals surface area contributed by atoms with Crippen LogP contribution in [0.5, 0.6) is 0 Å². The van der Waals surface area contributed by atoms with E-state index in [4.69, 9.17) is 9.47 Å². The molecule has 4 heteroatoms. The van der Waals surface area contributed by atoms with Crippen molar-refractivity contribution in [1.82, 2.24) is 0 Å². The summed E-state index contributed by atoms with van der Waals surface area (Å²) in [7, 11) is 0. The van der Waals surface area contributed by atoms with Crippen LogP contribution in [0.15, 0.2) is 23.3 Å². The summed E-state index contributed by atoms with van der Waals surface area (Å²) in [5.41, 5.74) is 2.77. The third-order valence-corrected chi connectivity index (χ3v) is 5.52. The van der Waals surface area contributed by atoms with Crippen molar-refractivity contribution < 1.29 is 19.1 Å². The third-order valence-electron chi connectivity index (χ3n) is 5.52. The predicted octanol–water partition coefficient (Wildman–Crippen LogP) is 4.59. The Morgan fingerprint density at radius 1 is 1.24 bits per heavy atom. The van der Waals surface area contributed by atoms with Crippen molar-refractivity contribution in [1.29, 1.82) is 0 Å². The lowest BCUT2D eigenvalue weighted by molar-refractivity contribution is -0.152. The molecule has 25 heavy (non-hydrogen) atoms. The summed E-state index contributed by atoms with van der Waals surface area (Å²) in [5, 5.41) is 0. The molecule has 0 aliphatic heterocycles. The van der Waals surface area contributed by atoms with Gasteiger partial charge < -0.3 is 9.47 Å². The van der Waals surface area contributed by atoms with Gasteiger partial charge in [0.15, 0.2) is 0 Å². The first-order valence-corrected chi connectivity index (χ1v) is 9.34. The maximum atomic E-state index is 11.5. The summed E-state index contributed by atoms with van der Waals surface area (Å²) in [4.78, 5) is 22.7. The standard InChI is InChI=1S/C21H32O4/c1-14(2)7-6-10-21(5)12-17(13-24-15(3)22)11-18-8-9-19(20(18)21)25-16(4)23/h7-8,17,19-20H,6,9-13H2,1-5H3/t17-,19-,20-,21+/m0/s1. The number of allylic oxidation sites excluding steroid dienone is 2. The van der Waals surface area contributed by atoms with E-state index in [1.807, 2.05) is 0 Å². The van der Waals surface area contributed by atoms with Crippen molar-refractivity contribution in [2.45, 2.75) is 72.8 Å². The number of ether oxygens (including phenoxy) is 2. The largest absolute Gasteiger partial charge is 0.466 e. The van der Waals surface area contributed by atoms with Crippen LogP contribution in [0.4, 0.5) is 0 Å². The Labute approximate surface area is 151 Å². The van der Waals surface area contributed by atoms with Crippen molar-refractivity contribution in [3.05, 3.63) is 23.3 Å². The number of fused-ring (bicyclic) bond motifs is 1. The van der Waals surface area contributed by atoms with E-state index in [1.165, 1.54) is 25.0 Å². The normalized spacial score (nSPS) is 30.9. The number of esters is 2. The molecule has 0 aromatic carbocycles. The molecule has 0 bridgehead atoms. The Kier molecular flexibility index (Phi) is 6.47. The zero-order chi connectivity index (χ0) is 18.6. The molecule has 0 saturated heterocycles. The number of carbonyl (C=O) groups is 2. The van der Waals surface area contributed by atoms with Crippen molar-refractivity contribution in [3.63, 3.8) is 0 Å².